The Morgan fingerprint density at radius 2 is 1.81 bits per heavy atom. The highest BCUT2D eigenvalue weighted by Gasteiger charge is 2.07. The molecule has 0 amide bonds. The summed E-state index contributed by atoms with van der Waals surface area (Å²) in [4.78, 5) is 9.06. The predicted molar refractivity (Wildman–Crippen MR) is 81.6 cm³/mol. The van der Waals surface area contributed by atoms with E-state index in [2.05, 4.69) is 62.6 Å². The van der Waals surface area contributed by atoms with Crippen molar-refractivity contribution in [3.8, 4) is 0 Å². The van der Waals surface area contributed by atoms with Gasteiger partial charge in [-0.3, -0.25) is 9.98 Å². The maximum Gasteiger partial charge on any atom is 0.0727 e. The smallest absolute Gasteiger partial charge is 0.0727 e. The van der Waals surface area contributed by atoms with Gasteiger partial charge in [-0.25, -0.2) is 0 Å². The van der Waals surface area contributed by atoms with Gasteiger partial charge in [0.05, 0.1) is 11.4 Å². The largest absolute Gasteiger partial charge is 0.284 e. The third-order valence-corrected chi connectivity index (χ3v) is 3.19. The molecule has 0 heterocycles. The van der Waals surface area contributed by atoms with Crippen LogP contribution in [-0.4, -0.2) is 28.1 Å². The zero-order valence-corrected chi connectivity index (χ0v) is 13.4. The Morgan fingerprint density at radius 1 is 1.19 bits per heavy atom. The Bertz CT molecular complexity index is 270. The van der Waals surface area contributed by atoms with E-state index in [9.17, 15) is 0 Å². The van der Waals surface area contributed by atoms with Gasteiger partial charge >= 0.3 is 0 Å². The molecule has 0 aromatic rings. The summed E-state index contributed by atoms with van der Waals surface area (Å²) in [7, 11) is 0. The van der Waals surface area contributed by atoms with Gasteiger partial charge in [0.1, 0.15) is 0 Å². The lowest BCUT2D eigenvalue weighted by Crippen LogP contribution is -2.19. The molecule has 0 aromatic heterocycles. The minimum absolute atomic E-state index is 0.354. The van der Waals surface area contributed by atoms with Crippen LogP contribution in [0.1, 0.15) is 33.6 Å². The highest BCUT2D eigenvalue weighted by atomic mass is 79.9. The summed E-state index contributed by atoms with van der Waals surface area (Å²) >= 11 is 6.92. The summed E-state index contributed by atoms with van der Waals surface area (Å²) in [5.74, 6) is 0. The number of hydrogen-bond acceptors (Lipinski definition) is 2. The van der Waals surface area contributed by atoms with Gasteiger partial charge in [-0.15, -0.1) is 0 Å². The molecule has 0 aliphatic rings. The van der Waals surface area contributed by atoms with Gasteiger partial charge in [-0.1, -0.05) is 51.8 Å². The number of nitrogens with zero attached hydrogens (tertiary/aromatic N) is 2. The molecular formula is C12H20Br2N2. The first kappa shape index (κ1) is 16.0. The van der Waals surface area contributed by atoms with Crippen LogP contribution in [0.5, 0.6) is 0 Å². The van der Waals surface area contributed by atoms with E-state index in [4.69, 9.17) is 0 Å². The maximum atomic E-state index is 4.64. The second-order valence-corrected chi connectivity index (χ2v) is 4.59. The summed E-state index contributed by atoms with van der Waals surface area (Å²) in [5.41, 5.74) is 2.04. The Balaban J connectivity index is 4.81. The van der Waals surface area contributed by atoms with Crippen molar-refractivity contribution in [3.63, 3.8) is 0 Å². The molecular weight excluding hydrogens is 332 g/mol. The third-order valence-electron chi connectivity index (χ3n) is 2.12. The summed E-state index contributed by atoms with van der Waals surface area (Å²) in [6, 6.07) is 0.354. The first-order valence-electron chi connectivity index (χ1n) is 5.60. The highest BCUT2D eigenvalue weighted by Crippen LogP contribution is 2.02. The number of alkyl halides is 2. The zero-order chi connectivity index (χ0) is 12.4. The van der Waals surface area contributed by atoms with Gasteiger partial charge in [0.25, 0.3) is 0 Å². The van der Waals surface area contributed by atoms with Crippen LogP contribution in [0, 0.1) is 0 Å². The first-order chi connectivity index (χ1) is 7.69. The lowest BCUT2D eigenvalue weighted by Gasteiger charge is -2.08. The van der Waals surface area contributed by atoms with E-state index in [1.807, 2.05) is 12.3 Å². The summed E-state index contributed by atoms with van der Waals surface area (Å²) in [6.45, 7) is 6.36. The van der Waals surface area contributed by atoms with Crippen molar-refractivity contribution in [1.29, 1.82) is 0 Å². The van der Waals surface area contributed by atoms with Crippen molar-refractivity contribution in [1.82, 2.24) is 0 Å². The van der Waals surface area contributed by atoms with Gasteiger partial charge < -0.3 is 0 Å². The fourth-order valence-electron chi connectivity index (χ4n) is 0.978. The van der Waals surface area contributed by atoms with Gasteiger partial charge in [0, 0.05) is 22.9 Å². The van der Waals surface area contributed by atoms with Crippen LogP contribution in [0.3, 0.4) is 0 Å². The minimum atomic E-state index is 0.354. The standard InChI is InChI=1S/C12H20Br2N2/c1-4-6-7-15-11(8-13)12(9-14)16-10(3)5-2/h6-7,10H,4-5,8-9H2,1-3H3/b7-6+,15-11-,16-12-/t10-/m0/s1. The number of halogens is 2. The molecule has 0 fully saturated rings. The second kappa shape index (κ2) is 10.2. The number of aliphatic imine (C=N–C) groups is 2. The second-order valence-electron chi connectivity index (χ2n) is 3.47. The molecule has 0 N–H and O–H groups in total. The molecule has 0 radical (unpaired) electrons. The van der Waals surface area contributed by atoms with Crippen molar-refractivity contribution in [2.24, 2.45) is 9.98 Å². The number of hydrogen-bond donors (Lipinski definition) is 0. The monoisotopic (exact) mass is 350 g/mol. The molecule has 0 bridgehead atoms. The summed E-state index contributed by atoms with van der Waals surface area (Å²) in [6.07, 6.45) is 5.95. The molecule has 0 aliphatic heterocycles. The van der Waals surface area contributed by atoms with Crippen LogP contribution in [0.2, 0.25) is 0 Å². The molecule has 0 spiro atoms. The van der Waals surface area contributed by atoms with Crippen molar-refractivity contribution >= 4 is 43.3 Å². The van der Waals surface area contributed by atoms with E-state index in [1.54, 1.807) is 0 Å². The van der Waals surface area contributed by atoms with Gasteiger partial charge in [0.15, 0.2) is 0 Å². The quantitative estimate of drug-likeness (QED) is 0.480. The molecule has 16 heavy (non-hydrogen) atoms. The lowest BCUT2D eigenvalue weighted by molar-refractivity contribution is 0.718. The maximum absolute atomic E-state index is 4.64. The number of rotatable bonds is 7. The van der Waals surface area contributed by atoms with Crippen molar-refractivity contribution < 1.29 is 0 Å². The Morgan fingerprint density at radius 3 is 2.25 bits per heavy atom. The van der Waals surface area contributed by atoms with Crippen LogP contribution < -0.4 is 0 Å². The molecule has 4 heteroatoms. The molecule has 1 atom stereocenters. The predicted octanol–water partition coefficient (Wildman–Crippen LogP) is 4.38. The van der Waals surface area contributed by atoms with E-state index in [0.717, 1.165) is 34.9 Å². The van der Waals surface area contributed by atoms with E-state index in [-0.39, 0.29) is 0 Å². The van der Waals surface area contributed by atoms with E-state index < -0.39 is 0 Å². The average Bonchev–Trinajstić information content (AvgIpc) is 2.32. The Hall–Kier alpha value is 0.0400. The molecule has 2 nitrogen and oxygen atoms in total. The van der Waals surface area contributed by atoms with Crippen LogP contribution >= 0.6 is 31.9 Å². The van der Waals surface area contributed by atoms with Gasteiger partial charge in [-0.05, 0) is 19.8 Å². The number of allylic oxidation sites excluding steroid dienone is 1. The average molecular weight is 352 g/mol. The summed E-state index contributed by atoms with van der Waals surface area (Å²) in [5, 5.41) is 1.49. The molecule has 0 rings (SSSR count). The molecule has 0 aliphatic carbocycles. The Labute approximate surface area is 116 Å². The van der Waals surface area contributed by atoms with Crippen LogP contribution in [0.25, 0.3) is 0 Å². The molecule has 0 unspecified atom stereocenters. The van der Waals surface area contributed by atoms with Crippen LogP contribution in [0.4, 0.5) is 0 Å². The zero-order valence-electron chi connectivity index (χ0n) is 10.2. The van der Waals surface area contributed by atoms with Crippen molar-refractivity contribution in [2.75, 3.05) is 10.7 Å². The van der Waals surface area contributed by atoms with E-state index >= 15 is 0 Å². The fourth-order valence-corrected chi connectivity index (χ4v) is 1.91. The third kappa shape index (κ3) is 6.59. The topological polar surface area (TPSA) is 24.7 Å². The Kier molecular flexibility index (Phi) is 10.2. The molecule has 0 aromatic carbocycles. The SMILES string of the molecule is CC/C=C/N=C(CBr)\C(CBr)=N/[C@@H](C)CC. The van der Waals surface area contributed by atoms with Crippen LogP contribution in [0.15, 0.2) is 22.3 Å². The minimum Gasteiger partial charge on any atom is -0.284 e. The molecule has 0 saturated carbocycles. The van der Waals surface area contributed by atoms with Crippen molar-refractivity contribution in [2.45, 2.75) is 39.7 Å². The van der Waals surface area contributed by atoms with Crippen molar-refractivity contribution in [3.05, 3.63) is 12.3 Å². The normalized spacial score (nSPS) is 15.8. The van der Waals surface area contributed by atoms with Crippen LogP contribution in [-0.2, 0) is 0 Å². The first-order valence-corrected chi connectivity index (χ1v) is 7.84. The van der Waals surface area contributed by atoms with Gasteiger partial charge in [-0.2, -0.15) is 0 Å². The highest BCUT2D eigenvalue weighted by molar-refractivity contribution is 9.10. The lowest BCUT2D eigenvalue weighted by atomic mass is 10.2. The van der Waals surface area contributed by atoms with E-state index in [1.165, 1.54) is 0 Å². The van der Waals surface area contributed by atoms with Gasteiger partial charge in [0.2, 0.25) is 0 Å². The van der Waals surface area contributed by atoms with E-state index in [0.29, 0.717) is 6.04 Å². The summed E-state index contributed by atoms with van der Waals surface area (Å²) < 4.78 is 0. The molecule has 92 valence electrons. The molecule has 0 saturated heterocycles. The fraction of sp³-hybridized carbons (Fsp3) is 0.667.